The highest BCUT2D eigenvalue weighted by atomic mass is 16.2. The first kappa shape index (κ1) is 16.4. The van der Waals surface area contributed by atoms with Gasteiger partial charge < -0.3 is 16.4 Å². The van der Waals surface area contributed by atoms with Crippen molar-refractivity contribution in [2.75, 3.05) is 6.54 Å². The fraction of sp³-hybridized carbons (Fsp3) is 0.727. The highest BCUT2D eigenvalue weighted by Gasteiger charge is 2.26. The van der Waals surface area contributed by atoms with E-state index in [2.05, 4.69) is 16.0 Å². The Hall–Kier alpha value is -1.63. The van der Waals surface area contributed by atoms with Gasteiger partial charge in [0, 0.05) is 18.5 Å². The van der Waals surface area contributed by atoms with E-state index in [0.717, 1.165) is 0 Å². The Kier molecular flexibility index (Phi) is 6.32. The van der Waals surface area contributed by atoms with Crippen LogP contribution < -0.4 is 21.7 Å². The molecule has 0 aromatic heterocycles. The number of nitrogens with two attached hydrogens (primary N) is 1. The van der Waals surface area contributed by atoms with Gasteiger partial charge >= 0.3 is 6.03 Å². The molecule has 0 aliphatic rings. The predicted molar refractivity (Wildman–Crippen MR) is 67.7 cm³/mol. The molecule has 5 N–H and O–H groups in total. The van der Waals surface area contributed by atoms with Crippen LogP contribution in [0.1, 0.15) is 34.1 Å². The maximum atomic E-state index is 11.6. The van der Waals surface area contributed by atoms with Crippen LogP contribution in [0.25, 0.3) is 0 Å². The fourth-order valence-corrected chi connectivity index (χ4v) is 1.56. The van der Waals surface area contributed by atoms with Crippen LogP contribution in [0.3, 0.4) is 0 Å². The summed E-state index contributed by atoms with van der Waals surface area (Å²) in [6, 6.07) is -1.15. The van der Waals surface area contributed by atoms with Gasteiger partial charge in [-0.25, -0.2) is 4.79 Å². The predicted octanol–water partition coefficient (Wildman–Crippen LogP) is -0.536. The number of hydrogen-bond acceptors (Lipinski definition) is 4. The van der Waals surface area contributed by atoms with Crippen molar-refractivity contribution in [1.29, 1.82) is 0 Å². The Labute approximate surface area is 107 Å². The van der Waals surface area contributed by atoms with Crippen LogP contribution in [0.2, 0.25) is 0 Å². The molecule has 1 atom stereocenters. The van der Waals surface area contributed by atoms with E-state index in [-0.39, 0.29) is 6.42 Å². The molecule has 4 amide bonds. The number of rotatable bonds is 6. The number of urea groups is 1. The maximum Gasteiger partial charge on any atom is 0.321 e. The van der Waals surface area contributed by atoms with Crippen LogP contribution in [0.15, 0.2) is 0 Å². The summed E-state index contributed by atoms with van der Waals surface area (Å²) in [6.45, 7) is 7.31. The standard InChI is InChI=1S/C11H22N4O3/c1-5-13-10(18)14-9(17)7(2)15-11(3,4)6-8(12)16/h7,15H,5-6H2,1-4H3,(H2,12,16)(H2,13,14,17,18). The Morgan fingerprint density at radius 3 is 2.28 bits per heavy atom. The van der Waals surface area contributed by atoms with Gasteiger partial charge in [0.25, 0.3) is 0 Å². The Morgan fingerprint density at radius 1 is 1.28 bits per heavy atom. The van der Waals surface area contributed by atoms with Crippen LogP contribution >= 0.6 is 0 Å². The van der Waals surface area contributed by atoms with E-state index in [4.69, 9.17) is 5.73 Å². The second-order valence-electron chi connectivity index (χ2n) is 4.74. The first-order valence-electron chi connectivity index (χ1n) is 5.82. The largest absolute Gasteiger partial charge is 0.370 e. The van der Waals surface area contributed by atoms with Crippen molar-refractivity contribution in [3.63, 3.8) is 0 Å². The molecular weight excluding hydrogens is 236 g/mol. The van der Waals surface area contributed by atoms with E-state index in [1.165, 1.54) is 0 Å². The lowest BCUT2D eigenvalue weighted by Crippen LogP contribution is -2.54. The van der Waals surface area contributed by atoms with Gasteiger partial charge in [0.15, 0.2) is 0 Å². The lowest BCUT2D eigenvalue weighted by molar-refractivity contribution is -0.123. The molecular formula is C11H22N4O3. The van der Waals surface area contributed by atoms with E-state index >= 15 is 0 Å². The quantitative estimate of drug-likeness (QED) is 0.512. The molecule has 0 heterocycles. The Balaban J connectivity index is 4.30. The summed E-state index contributed by atoms with van der Waals surface area (Å²) in [4.78, 5) is 33.6. The minimum atomic E-state index is -0.609. The van der Waals surface area contributed by atoms with Crippen molar-refractivity contribution in [3.05, 3.63) is 0 Å². The van der Waals surface area contributed by atoms with E-state index < -0.39 is 29.4 Å². The summed E-state index contributed by atoms with van der Waals surface area (Å²) >= 11 is 0. The van der Waals surface area contributed by atoms with Crippen LogP contribution in [0.5, 0.6) is 0 Å². The third kappa shape index (κ3) is 6.85. The lowest BCUT2D eigenvalue weighted by Gasteiger charge is -2.28. The van der Waals surface area contributed by atoms with E-state index in [9.17, 15) is 14.4 Å². The van der Waals surface area contributed by atoms with Gasteiger partial charge in [0.05, 0.1) is 6.04 Å². The summed E-state index contributed by atoms with van der Waals surface area (Å²) in [5.74, 6) is -0.915. The van der Waals surface area contributed by atoms with E-state index in [1.54, 1.807) is 27.7 Å². The average molecular weight is 258 g/mol. The zero-order valence-corrected chi connectivity index (χ0v) is 11.3. The summed E-state index contributed by atoms with van der Waals surface area (Å²) in [5.41, 5.74) is 4.50. The molecule has 0 aliphatic carbocycles. The molecule has 7 heteroatoms. The topological polar surface area (TPSA) is 113 Å². The lowest BCUT2D eigenvalue weighted by atomic mass is 9.99. The van der Waals surface area contributed by atoms with Crippen LogP contribution in [0.4, 0.5) is 4.79 Å². The average Bonchev–Trinajstić information content (AvgIpc) is 2.14. The molecule has 0 bridgehead atoms. The maximum absolute atomic E-state index is 11.6. The van der Waals surface area contributed by atoms with Gasteiger partial charge in [-0.1, -0.05) is 0 Å². The van der Waals surface area contributed by atoms with Crippen molar-refractivity contribution in [2.45, 2.75) is 45.7 Å². The summed E-state index contributed by atoms with van der Waals surface area (Å²) in [7, 11) is 0. The molecule has 0 aromatic carbocycles. The first-order valence-corrected chi connectivity index (χ1v) is 5.82. The third-order valence-electron chi connectivity index (χ3n) is 2.19. The van der Waals surface area contributed by atoms with Crippen LogP contribution in [0, 0.1) is 0 Å². The Bertz CT molecular complexity index is 328. The molecule has 0 aliphatic heterocycles. The normalized spacial score (nSPS) is 12.7. The van der Waals surface area contributed by atoms with Crippen LogP contribution in [-0.4, -0.2) is 36.0 Å². The molecule has 0 saturated heterocycles. The number of nitrogens with one attached hydrogen (secondary N) is 3. The van der Waals surface area contributed by atoms with Crippen LogP contribution in [-0.2, 0) is 9.59 Å². The number of hydrogen-bond donors (Lipinski definition) is 4. The van der Waals surface area contributed by atoms with Gasteiger partial charge in [-0.15, -0.1) is 0 Å². The summed E-state index contributed by atoms with van der Waals surface area (Å²) < 4.78 is 0. The molecule has 0 aromatic rings. The SMILES string of the molecule is CCNC(=O)NC(=O)C(C)NC(C)(C)CC(N)=O. The van der Waals surface area contributed by atoms with E-state index in [0.29, 0.717) is 6.54 Å². The molecule has 0 saturated carbocycles. The van der Waals surface area contributed by atoms with Crippen molar-refractivity contribution >= 4 is 17.8 Å². The minimum Gasteiger partial charge on any atom is -0.370 e. The molecule has 0 radical (unpaired) electrons. The number of amides is 4. The first-order chi connectivity index (χ1) is 8.18. The number of imide groups is 1. The minimum absolute atomic E-state index is 0.103. The highest BCUT2D eigenvalue weighted by Crippen LogP contribution is 2.08. The van der Waals surface area contributed by atoms with Crippen molar-refractivity contribution in [1.82, 2.24) is 16.0 Å². The monoisotopic (exact) mass is 258 g/mol. The molecule has 104 valence electrons. The van der Waals surface area contributed by atoms with Crippen molar-refractivity contribution < 1.29 is 14.4 Å². The fourth-order valence-electron chi connectivity index (χ4n) is 1.56. The second-order valence-corrected chi connectivity index (χ2v) is 4.74. The highest BCUT2D eigenvalue weighted by molar-refractivity contribution is 5.96. The molecule has 0 fully saturated rings. The van der Waals surface area contributed by atoms with Gasteiger partial charge in [0.2, 0.25) is 11.8 Å². The smallest absolute Gasteiger partial charge is 0.321 e. The van der Waals surface area contributed by atoms with E-state index in [1.807, 2.05) is 0 Å². The zero-order valence-electron chi connectivity index (χ0n) is 11.3. The zero-order chi connectivity index (χ0) is 14.3. The number of carbonyl (C=O) groups excluding carboxylic acids is 3. The number of primary amides is 1. The van der Waals surface area contributed by atoms with Gasteiger partial charge in [-0.3, -0.25) is 14.9 Å². The van der Waals surface area contributed by atoms with Gasteiger partial charge in [0.1, 0.15) is 0 Å². The van der Waals surface area contributed by atoms with Crippen molar-refractivity contribution in [2.24, 2.45) is 5.73 Å². The summed E-state index contributed by atoms with van der Waals surface area (Å²) in [6.07, 6.45) is 0.103. The van der Waals surface area contributed by atoms with Crippen molar-refractivity contribution in [3.8, 4) is 0 Å². The molecule has 18 heavy (non-hydrogen) atoms. The van der Waals surface area contributed by atoms with Gasteiger partial charge in [-0.2, -0.15) is 0 Å². The van der Waals surface area contributed by atoms with Gasteiger partial charge in [-0.05, 0) is 27.7 Å². The number of carbonyl (C=O) groups is 3. The summed E-state index contributed by atoms with van der Waals surface area (Å²) in [5, 5.41) is 7.58. The molecule has 0 rings (SSSR count). The molecule has 7 nitrogen and oxygen atoms in total. The molecule has 1 unspecified atom stereocenters. The second kappa shape index (κ2) is 6.95. The third-order valence-corrected chi connectivity index (χ3v) is 2.19. The Morgan fingerprint density at radius 2 is 1.83 bits per heavy atom. The molecule has 0 spiro atoms.